The zero-order valence-corrected chi connectivity index (χ0v) is 14.5. The van der Waals surface area contributed by atoms with Gasteiger partial charge in [-0.3, -0.25) is 0 Å². The van der Waals surface area contributed by atoms with Crippen molar-refractivity contribution in [2.24, 2.45) is 34.5 Å². The second kappa shape index (κ2) is 4.51. The number of ether oxygens (including phenoxy) is 2. The van der Waals surface area contributed by atoms with Crippen molar-refractivity contribution in [1.82, 2.24) is 0 Å². The van der Waals surface area contributed by atoms with Gasteiger partial charge in [0.15, 0.2) is 0 Å². The van der Waals surface area contributed by atoms with Crippen molar-refractivity contribution >= 4 is 0 Å². The molecule has 0 aromatic rings. The summed E-state index contributed by atoms with van der Waals surface area (Å²) in [6.07, 6.45) is 13.0. The highest BCUT2D eigenvalue weighted by atomic mass is 16.6. The standard InChI is InChI=1S/C20H32O2/c1-19-9-8-15-13(14(19)6-7-18(19)21-3)5-4-12-10-16-17(22-16)11-20(12,15)2/h12-18H,4-11H2,1-3H3/t12?,13-,14-,15-,16+,17-,18-,19-,20-/m0/s1. The third-order valence-electron chi connectivity index (χ3n) is 9.11. The van der Waals surface area contributed by atoms with Crippen LogP contribution in [0.1, 0.15) is 65.2 Å². The molecule has 1 heterocycles. The van der Waals surface area contributed by atoms with Crippen LogP contribution in [-0.2, 0) is 9.47 Å². The normalized spacial score (nSPS) is 62.6. The molecule has 1 aliphatic heterocycles. The Morgan fingerprint density at radius 3 is 2.55 bits per heavy atom. The van der Waals surface area contributed by atoms with Gasteiger partial charge in [-0.05, 0) is 85.9 Å². The van der Waals surface area contributed by atoms with E-state index in [9.17, 15) is 0 Å². The first-order valence-electron chi connectivity index (χ1n) is 9.74. The van der Waals surface area contributed by atoms with Crippen LogP contribution in [-0.4, -0.2) is 25.4 Å². The molecule has 2 nitrogen and oxygen atoms in total. The summed E-state index contributed by atoms with van der Waals surface area (Å²) in [6.45, 7) is 5.18. The summed E-state index contributed by atoms with van der Waals surface area (Å²) in [5.74, 6) is 3.80. The highest BCUT2D eigenvalue weighted by Gasteiger charge is 2.63. The molecule has 124 valence electrons. The van der Waals surface area contributed by atoms with Crippen LogP contribution in [0, 0.1) is 34.5 Å². The summed E-state index contributed by atoms with van der Waals surface area (Å²) >= 11 is 0. The molecule has 0 spiro atoms. The highest BCUT2D eigenvalue weighted by Crippen LogP contribution is 2.67. The van der Waals surface area contributed by atoms with Crippen molar-refractivity contribution < 1.29 is 9.47 Å². The van der Waals surface area contributed by atoms with Crippen LogP contribution in [0.25, 0.3) is 0 Å². The average molecular weight is 304 g/mol. The van der Waals surface area contributed by atoms with Crippen molar-refractivity contribution in [3.05, 3.63) is 0 Å². The lowest BCUT2D eigenvalue weighted by Crippen LogP contribution is -2.54. The summed E-state index contributed by atoms with van der Waals surface area (Å²) in [7, 11) is 1.94. The van der Waals surface area contributed by atoms with E-state index in [1.54, 1.807) is 0 Å². The van der Waals surface area contributed by atoms with E-state index in [2.05, 4.69) is 13.8 Å². The molecule has 1 saturated heterocycles. The van der Waals surface area contributed by atoms with Gasteiger partial charge in [0.1, 0.15) is 0 Å². The van der Waals surface area contributed by atoms with Gasteiger partial charge in [0, 0.05) is 7.11 Å². The van der Waals surface area contributed by atoms with Gasteiger partial charge in [-0.1, -0.05) is 13.8 Å². The first-order chi connectivity index (χ1) is 10.6. The van der Waals surface area contributed by atoms with E-state index in [0.717, 1.165) is 23.7 Å². The second-order valence-electron chi connectivity index (χ2n) is 9.66. The molecule has 1 unspecified atom stereocenters. The Labute approximate surface area is 135 Å². The van der Waals surface area contributed by atoms with Gasteiger partial charge in [-0.15, -0.1) is 0 Å². The molecule has 9 atom stereocenters. The number of fused-ring (bicyclic) bond motifs is 6. The molecule has 5 fully saturated rings. The fourth-order valence-corrected chi connectivity index (χ4v) is 7.86. The minimum absolute atomic E-state index is 0.465. The first kappa shape index (κ1) is 14.3. The Bertz CT molecular complexity index is 476. The Balaban J connectivity index is 1.45. The summed E-state index contributed by atoms with van der Waals surface area (Å²) in [6, 6.07) is 0. The minimum atomic E-state index is 0.465. The lowest BCUT2D eigenvalue weighted by Gasteiger charge is -2.59. The van der Waals surface area contributed by atoms with Crippen LogP contribution < -0.4 is 0 Å². The van der Waals surface area contributed by atoms with E-state index in [0.29, 0.717) is 29.1 Å². The Morgan fingerprint density at radius 2 is 1.73 bits per heavy atom. The average Bonchev–Trinajstić information content (AvgIpc) is 3.14. The number of hydrogen-bond donors (Lipinski definition) is 0. The van der Waals surface area contributed by atoms with E-state index >= 15 is 0 Å². The van der Waals surface area contributed by atoms with Gasteiger partial charge < -0.3 is 9.47 Å². The van der Waals surface area contributed by atoms with E-state index in [-0.39, 0.29) is 0 Å². The van der Waals surface area contributed by atoms with Crippen molar-refractivity contribution in [3.8, 4) is 0 Å². The van der Waals surface area contributed by atoms with Crippen LogP contribution in [0.3, 0.4) is 0 Å². The first-order valence-corrected chi connectivity index (χ1v) is 9.74. The third-order valence-corrected chi connectivity index (χ3v) is 9.11. The van der Waals surface area contributed by atoms with Gasteiger partial charge >= 0.3 is 0 Å². The van der Waals surface area contributed by atoms with Gasteiger partial charge in [-0.25, -0.2) is 0 Å². The fraction of sp³-hybridized carbons (Fsp3) is 1.00. The Kier molecular flexibility index (Phi) is 2.92. The number of epoxide rings is 1. The minimum Gasteiger partial charge on any atom is -0.381 e. The maximum Gasteiger partial charge on any atom is 0.0847 e. The van der Waals surface area contributed by atoms with Gasteiger partial charge in [0.2, 0.25) is 0 Å². The summed E-state index contributed by atoms with van der Waals surface area (Å²) in [4.78, 5) is 0. The lowest BCUT2D eigenvalue weighted by molar-refractivity contribution is -0.122. The zero-order valence-electron chi connectivity index (χ0n) is 14.5. The van der Waals surface area contributed by atoms with Gasteiger partial charge in [0.25, 0.3) is 0 Å². The molecular formula is C20H32O2. The second-order valence-corrected chi connectivity index (χ2v) is 9.66. The van der Waals surface area contributed by atoms with Crippen molar-refractivity contribution in [2.75, 3.05) is 7.11 Å². The van der Waals surface area contributed by atoms with Crippen LogP contribution in [0.15, 0.2) is 0 Å². The van der Waals surface area contributed by atoms with Gasteiger partial charge in [-0.2, -0.15) is 0 Å². The fourth-order valence-electron chi connectivity index (χ4n) is 7.86. The van der Waals surface area contributed by atoms with Crippen molar-refractivity contribution in [1.29, 1.82) is 0 Å². The molecule has 0 aromatic carbocycles. The monoisotopic (exact) mass is 304 g/mol. The molecule has 0 bridgehead atoms. The number of methoxy groups -OCH3 is 1. The quantitative estimate of drug-likeness (QED) is 0.669. The van der Waals surface area contributed by atoms with E-state index < -0.39 is 0 Å². The van der Waals surface area contributed by atoms with Crippen LogP contribution in [0.5, 0.6) is 0 Å². The lowest BCUT2D eigenvalue weighted by atomic mass is 9.45. The van der Waals surface area contributed by atoms with Crippen LogP contribution >= 0.6 is 0 Å². The summed E-state index contributed by atoms with van der Waals surface area (Å²) in [5, 5.41) is 0. The number of rotatable bonds is 1. The molecule has 0 aromatic heterocycles. The molecule has 5 aliphatic rings. The smallest absolute Gasteiger partial charge is 0.0847 e. The van der Waals surface area contributed by atoms with Crippen LogP contribution in [0.2, 0.25) is 0 Å². The Hall–Kier alpha value is -0.0800. The zero-order chi connectivity index (χ0) is 15.1. The van der Waals surface area contributed by atoms with E-state index in [1.165, 1.54) is 51.4 Å². The molecule has 5 rings (SSSR count). The van der Waals surface area contributed by atoms with Crippen molar-refractivity contribution in [3.63, 3.8) is 0 Å². The highest BCUT2D eigenvalue weighted by molar-refractivity contribution is 5.12. The molecule has 0 radical (unpaired) electrons. The Morgan fingerprint density at radius 1 is 0.909 bits per heavy atom. The molecule has 2 heteroatoms. The third kappa shape index (κ3) is 1.69. The summed E-state index contributed by atoms with van der Waals surface area (Å²) < 4.78 is 11.8. The summed E-state index contributed by atoms with van der Waals surface area (Å²) in [5.41, 5.74) is 1.04. The molecule has 4 saturated carbocycles. The van der Waals surface area contributed by atoms with Crippen LogP contribution in [0.4, 0.5) is 0 Å². The maximum absolute atomic E-state index is 5.94. The molecule has 0 amide bonds. The van der Waals surface area contributed by atoms with E-state index in [1.807, 2.05) is 7.11 Å². The largest absolute Gasteiger partial charge is 0.381 e. The predicted octanol–water partition coefficient (Wildman–Crippen LogP) is 4.42. The van der Waals surface area contributed by atoms with E-state index in [4.69, 9.17) is 9.47 Å². The van der Waals surface area contributed by atoms with Gasteiger partial charge in [0.05, 0.1) is 18.3 Å². The molecule has 4 aliphatic carbocycles. The number of hydrogen-bond acceptors (Lipinski definition) is 2. The molecular weight excluding hydrogens is 272 g/mol. The SMILES string of the molecule is CO[C@H]1CC[C@H]2[C@@H]3CCC4C[C@H]5O[C@H]5C[C@]4(C)[C@H]3CC[C@]12C. The molecule has 0 N–H and O–H groups in total. The van der Waals surface area contributed by atoms with Crippen molar-refractivity contribution in [2.45, 2.75) is 83.5 Å². The molecule has 22 heavy (non-hydrogen) atoms. The predicted molar refractivity (Wildman–Crippen MR) is 86.6 cm³/mol. The topological polar surface area (TPSA) is 21.8 Å². The maximum atomic E-state index is 5.94.